The van der Waals surface area contributed by atoms with Gasteiger partial charge in [0.1, 0.15) is 11.9 Å². The highest BCUT2D eigenvalue weighted by Crippen LogP contribution is 2.48. The molecule has 0 N–H and O–H groups in total. The van der Waals surface area contributed by atoms with E-state index in [0.29, 0.717) is 0 Å². The molecule has 128 valence electrons. The van der Waals surface area contributed by atoms with Gasteiger partial charge in [-0.05, 0) is 104 Å². The van der Waals surface area contributed by atoms with Crippen molar-refractivity contribution in [3.05, 3.63) is 34.6 Å². The Labute approximate surface area is 145 Å². The van der Waals surface area contributed by atoms with E-state index in [4.69, 9.17) is 5.26 Å². The van der Waals surface area contributed by atoms with Gasteiger partial charge in [0.15, 0.2) is 0 Å². The third kappa shape index (κ3) is 2.99. The molecular formula is C22H28FN. The van der Waals surface area contributed by atoms with Gasteiger partial charge in [-0.1, -0.05) is 13.3 Å². The lowest BCUT2D eigenvalue weighted by molar-refractivity contribution is 0.0757. The van der Waals surface area contributed by atoms with Gasteiger partial charge < -0.3 is 0 Å². The van der Waals surface area contributed by atoms with Crippen molar-refractivity contribution in [3.63, 3.8) is 0 Å². The second-order valence-electron chi connectivity index (χ2n) is 8.73. The summed E-state index contributed by atoms with van der Waals surface area (Å²) in [5.74, 6) is 4.11. The van der Waals surface area contributed by atoms with Gasteiger partial charge in [-0.2, -0.15) is 5.26 Å². The standard InChI is InChI=1S/C22H28FN/c1-14-2-3-16-9-17(5-4-15(16)8-14)18-6-7-19-11-21(13-24)22(23)12-20(19)10-18/h11-12,14-18H,2-10H2,1H3. The summed E-state index contributed by atoms with van der Waals surface area (Å²) in [6.07, 6.45) is 11.8. The molecule has 0 spiro atoms. The minimum absolute atomic E-state index is 0.212. The number of halogens is 1. The smallest absolute Gasteiger partial charge is 0.141 e. The Morgan fingerprint density at radius 3 is 2.42 bits per heavy atom. The van der Waals surface area contributed by atoms with E-state index in [2.05, 4.69) is 6.92 Å². The quantitative estimate of drug-likeness (QED) is 0.654. The normalized spacial score (nSPS) is 35.6. The predicted octanol–water partition coefficient (Wildman–Crippen LogP) is 5.65. The van der Waals surface area contributed by atoms with Crippen LogP contribution in [0, 0.1) is 46.7 Å². The summed E-state index contributed by atoms with van der Waals surface area (Å²) in [5, 5.41) is 9.01. The molecule has 1 nitrogen and oxygen atoms in total. The van der Waals surface area contributed by atoms with Crippen molar-refractivity contribution in [2.45, 2.75) is 64.7 Å². The van der Waals surface area contributed by atoms with Gasteiger partial charge in [-0.15, -0.1) is 0 Å². The molecule has 24 heavy (non-hydrogen) atoms. The fourth-order valence-electron chi connectivity index (χ4n) is 5.88. The van der Waals surface area contributed by atoms with Gasteiger partial charge in [-0.25, -0.2) is 4.39 Å². The monoisotopic (exact) mass is 325 g/mol. The maximum atomic E-state index is 14.0. The predicted molar refractivity (Wildman–Crippen MR) is 94.0 cm³/mol. The molecule has 0 saturated heterocycles. The van der Waals surface area contributed by atoms with Crippen molar-refractivity contribution in [1.29, 1.82) is 5.26 Å². The van der Waals surface area contributed by atoms with Crippen LogP contribution in [0.1, 0.15) is 68.6 Å². The zero-order chi connectivity index (χ0) is 16.7. The number of hydrogen-bond donors (Lipinski definition) is 0. The summed E-state index contributed by atoms with van der Waals surface area (Å²) in [5.41, 5.74) is 2.59. The lowest BCUT2D eigenvalue weighted by atomic mass is 9.61. The SMILES string of the molecule is CC1CCC2CC(C3CCc4cc(C#N)c(F)cc4C3)CCC2C1. The third-order valence-electron chi connectivity index (χ3n) is 7.26. The Morgan fingerprint density at radius 1 is 0.917 bits per heavy atom. The second-order valence-corrected chi connectivity index (χ2v) is 8.73. The number of nitrogens with zero attached hydrogens (tertiary/aromatic N) is 1. The molecule has 1 aromatic rings. The van der Waals surface area contributed by atoms with E-state index in [0.717, 1.165) is 42.4 Å². The molecule has 2 heteroatoms. The highest BCUT2D eigenvalue weighted by molar-refractivity contribution is 5.41. The zero-order valence-electron chi connectivity index (χ0n) is 14.7. The largest absolute Gasteiger partial charge is 0.206 e. The molecule has 3 aliphatic carbocycles. The van der Waals surface area contributed by atoms with Gasteiger partial charge in [-0.3, -0.25) is 0 Å². The minimum Gasteiger partial charge on any atom is -0.206 e. The Bertz CT molecular complexity index is 659. The summed E-state index contributed by atoms with van der Waals surface area (Å²) in [6.45, 7) is 2.42. The molecule has 5 atom stereocenters. The molecule has 0 radical (unpaired) electrons. The summed E-state index contributed by atoms with van der Waals surface area (Å²) in [7, 11) is 0. The zero-order valence-corrected chi connectivity index (χ0v) is 14.7. The molecule has 0 aromatic heterocycles. The molecule has 1 aromatic carbocycles. The van der Waals surface area contributed by atoms with Crippen LogP contribution in [0.25, 0.3) is 0 Å². The van der Waals surface area contributed by atoms with Crippen LogP contribution in [0.4, 0.5) is 4.39 Å². The maximum absolute atomic E-state index is 14.0. The van der Waals surface area contributed by atoms with Crippen LogP contribution >= 0.6 is 0 Å². The lowest BCUT2D eigenvalue weighted by Crippen LogP contribution is -2.34. The van der Waals surface area contributed by atoms with E-state index in [1.165, 1.54) is 56.1 Å². The summed E-state index contributed by atoms with van der Waals surface area (Å²) >= 11 is 0. The maximum Gasteiger partial charge on any atom is 0.141 e. The van der Waals surface area contributed by atoms with Crippen LogP contribution in [0.2, 0.25) is 0 Å². The van der Waals surface area contributed by atoms with Crippen LogP contribution in [0.15, 0.2) is 12.1 Å². The Kier molecular flexibility index (Phi) is 4.37. The number of rotatable bonds is 1. The van der Waals surface area contributed by atoms with E-state index in [1.807, 2.05) is 6.07 Å². The number of fused-ring (bicyclic) bond motifs is 2. The van der Waals surface area contributed by atoms with Crippen LogP contribution in [0.3, 0.4) is 0 Å². The Balaban J connectivity index is 1.45. The first-order valence-corrected chi connectivity index (χ1v) is 9.85. The van der Waals surface area contributed by atoms with E-state index in [9.17, 15) is 4.39 Å². The van der Waals surface area contributed by atoms with Crippen molar-refractivity contribution in [1.82, 2.24) is 0 Å². The van der Waals surface area contributed by atoms with E-state index in [-0.39, 0.29) is 11.4 Å². The molecule has 0 amide bonds. The summed E-state index contributed by atoms with van der Waals surface area (Å²) in [6, 6.07) is 5.42. The highest BCUT2D eigenvalue weighted by atomic mass is 19.1. The first-order valence-electron chi connectivity index (χ1n) is 9.85. The summed E-state index contributed by atoms with van der Waals surface area (Å²) in [4.78, 5) is 0. The van der Waals surface area contributed by atoms with Gasteiger partial charge in [0, 0.05) is 0 Å². The Hall–Kier alpha value is -1.36. The fraction of sp³-hybridized carbons (Fsp3) is 0.682. The van der Waals surface area contributed by atoms with Crippen molar-refractivity contribution >= 4 is 0 Å². The average molecular weight is 325 g/mol. The number of aryl methyl sites for hydroxylation is 1. The van der Waals surface area contributed by atoms with Crippen LogP contribution in [-0.2, 0) is 12.8 Å². The van der Waals surface area contributed by atoms with Crippen molar-refractivity contribution in [3.8, 4) is 6.07 Å². The minimum atomic E-state index is -0.332. The number of benzene rings is 1. The molecule has 3 aliphatic rings. The molecular weight excluding hydrogens is 297 g/mol. The second kappa shape index (κ2) is 6.51. The molecule has 0 bridgehead atoms. The van der Waals surface area contributed by atoms with Crippen LogP contribution in [-0.4, -0.2) is 0 Å². The van der Waals surface area contributed by atoms with Gasteiger partial charge in [0.25, 0.3) is 0 Å². The van der Waals surface area contributed by atoms with Crippen molar-refractivity contribution in [2.75, 3.05) is 0 Å². The van der Waals surface area contributed by atoms with E-state index >= 15 is 0 Å². The fourth-order valence-corrected chi connectivity index (χ4v) is 5.88. The van der Waals surface area contributed by atoms with Crippen molar-refractivity contribution in [2.24, 2.45) is 29.6 Å². The topological polar surface area (TPSA) is 23.8 Å². The van der Waals surface area contributed by atoms with Gasteiger partial charge >= 0.3 is 0 Å². The lowest BCUT2D eigenvalue weighted by Gasteiger charge is -2.44. The highest BCUT2D eigenvalue weighted by Gasteiger charge is 2.37. The third-order valence-corrected chi connectivity index (χ3v) is 7.26. The van der Waals surface area contributed by atoms with Crippen LogP contribution in [0.5, 0.6) is 0 Å². The Morgan fingerprint density at radius 2 is 1.62 bits per heavy atom. The van der Waals surface area contributed by atoms with Gasteiger partial charge in [0.05, 0.1) is 5.56 Å². The molecule has 2 fully saturated rings. The van der Waals surface area contributed by atoms with E-state index in [1.54, 1.807) is 12.1 Å². The molecule has 4 rings (SSSR count). The average Bonchev–Trinajstić information content (AvgIpc) is 2.60. The first kappa shape index (κ1) is 16.1. The molecule has 0 heterocycles. The van der Waals surface area contributed by atoms with Gasteiger partial charge in [0.2, 0.25) is 0 Å². The molecule has 5 unspecified atom stereocenters. The van der Waals surface area contributed by atoms with E-state index < -0.39 is 0 Å². The first-order chi connectivity index (χ1) is 11.6. The molecule has 2 saturated carbocycles. The number of hydrogen-bond acceptors (Lipinski definition) is 1. The van der Waals surface area contributed by atoms with Crippen LogP contribution < -0.4 is 0 Å². The molecule has 0 aliphatic heterocycles. The number of nitriles is 1. The van der Waals surface area contributed by atoms with Crippen molar-refractivity contribution < 1.29 is 4.39 Å². The summed E-state index contributed by atoms with van der Waals surface area (Å²) < 4.78 is 14.0.